The summed E-state index contributed by atoms with van der Waals surface area (Å²) in [4.78, 5) is 50.2. The third kappa shape index (κ3) is 4.01. The number of carbonyl (C=O) groups is 4. The number of nitrogens with one attached hydrogen (secondary N) is 1. The highest BCUT2D eigenvalue weighted by atomic mass is 35.5. The van der Waals surface area contributed by atoms with Crippen LogP contribution in [0.5, 0.6) is 0 Å². The number of anilines is 1. The first-order valence-electron chi connectivity index (χ1n) is 9.08. The van der Waals surface area contributed by atoms with Crippen LogP contribution in [0.4, 0.5) is 10.1 Å². The lowest BCUT2D eigenvalue weighted by atomic mass is 9.81. The van der Waals surface area contributed by atoms with E-state index in [4.69, 9.17) is 16.3 Å². The molecular formula is C19H20ClFN2O5. The van der Waals surface area contributed by atoms with Crippen molar-refractivity contribution in [1.29, 1.82) is 0 Å². The minimum absolute atomic E-state index is 0.157. The zero-order valence-corrected chi connectivity index (χ0v) is 16.0. The number of nitrogens with zero attached hydrogens (tertiary/aromatic N) is 1. The first-order chi connectivity index (χ1) is 13.3. The molecule has 150 valence electrons. The Morgan fingerprint density at radius 1 is 1.25 bits per heavy atom. The molecule has 0 spiro atoms. The fourth-order valence-electron chi connectivity index (χ4n) is 3.70. The molecule has 3 amide bonds. The van der Waals surface area contributed by atoms with E-state index in [1.807, 2.05) is 0 Å². The quantitative estimate of drug-likeness (QED) is 0.594. The van der Waals surface area contributed by atoms with Crippen molar-refractivity contribution >= 4 is 41.0 Å². The van der Waals surface area contributed by atoms with Crippen LogP contribution in [0, 0.1) is 17.7 Å². The number of fused-ring (bicyclic) bond motifs is 1. The summed E-state index contributed by atoms with van der Waals surface area (Å²) in [6.45, 7) is 0.800. The largest absolute Gasteiger partial charge is 0.454 e. The number of ether oxygens (including phenoxy) is 1. The van der Waals surface area contributed by atoms with Crippen LogP contribution in [-0.4, -0.2) is 41.2 Å². The molecule has 0 radical (unpaired) electrons. The molecule has 1 N–H and O–H groups in total. The second-order valence-electron chi connectivity index (χ2n) is 7.00. The Morgan fingerprint density at radius 3 is 2.43 bits per heavy atom. The summed E-state index contributed by atoms with van der Waals surface area (Å²) in [5.41, 5.74) is 0.245. The summed E-state index contributed by atoms with van der Waals surface area (Å²) in [6.07, 6.45) is 3.08. The van der Waals surface area contributed by atoms with Crippen molar-refractivity contribution in [3.8, 4) is 0 Å². The first kappa shape index (κ1) is 20.3. The first-order valence-corrected chi connectivity index (χ1v) is 9.46. The number of amides is 3. The van der Waals surface area contributed by atoms with E-state index in [9.17, 15) is 23.6 Å². The van der Waals surface area contributed by atoms with Gasteiger partial charge >= 0.3 is 5.97 Å². The van der Waals surface area contributed by atoms with Crippen molar-refractivity contribution in [2.24, 2.45) is 11.8 Å². The van der Waals surface area contributed by atoms with Crippen LogP contribution < -0.4 is 5.32 Å². The maximum absolute atomic E-state index is 13.1. The van der Waals surface area contributed by atoms with Gasteiger partial charge in [0.1, 0.15) is 11.9 Å². The number of benzene rings is 1. The Kier molecular flexibility index (Phi) is 5.98. The summed E-state index contributed by atoms with van der Waals surface area (Å²) in [7, 11) is 0. The van der Waals surface area contributed by atoms with Gasteiger partial charge in [0.2, 0.25) is 11.8 Å². The minimum Gasteiger partial charge on any atom is -0.454 e. The highest BCUT2D eigenvalue weighted by Crippen LogP contribution is 2.38. The van der Waals surface area contributed by atoms with Crippen molar-refractivity contribution in [3.05, 3.63) is 29.0 Å². The number of likely N-dealkylation sites (tertiary alicyclic amines) is 1. The molecule has 28 heavy (non-hydrogen) atoms. The highest BCUT2D eigenvalue weighted by molar-refractivity contribution is 6.31. The van der Waals surface area contributed by atoms with Gasteiger partial charge in [-0.05, 0) is 38.0 Å². The van der Waals surface area contributed by atoms with Gasteiger partial charge in [-0.3, -0.25) is 19.3 Å². The van der Waals surface area contributed by atoms with Crippen LogP contribution in [0.3, 0.4) is 0 Å². The van der Waals surface area contributed by atoms with Gasteiger partial charge in [0.05, 0.1) is 16.9 Å². The van der Waals surface area contributed by atoms with Gasteiger partial charge in [0.25, 0.3) is 5.91 Å². The normalized spacial score (nSPS) is 22.6. The fourth-order valence-corrected chi connectivity index (χ4v) is 3.88. The Morgan fingerprint density at radius 2 is 1.86 bits per heavy atom. The topological polar surface area (TPSA) is 92.8 Å². The lowest BCUT2D eigenvalue weighted by Crippen LogP contribution is -2.45. The van der Waals surface area contributed by atoms with Crippen molar-refractivity contribution in [2.75, 3.05) is 11.9 Å². The van der Waals surface area contributed by atoms with Gasteiger partial charge in [-0.2, -0.15) is 0 Å². The molecule has 1 aliphatic heterocycles. The van der Waals surface area contributed by atoms with E-state index in [0.29, 0.717) is 12.8 Å². The molecule has 1 aromatic rings. The second-order valence-corrected chi connectivity index (χ2v) is 7.41. The van der Waals surface area contributed by atoms with Gasteiger partial charge in [-0.1, -0.05) is 24.4 Å². The van der Waals surface area contributed by atoms with Crippen LogP contribution in [-0.2, 0) is 23.9 Å². The summed E-state index contributed by atoms with van der Waals surface area (Å²) in [6, 6.07) is 2.53. The molecule has 2 fully saturated rings. The van der Waals surface area contributed by atoms with Gasteiger partial charge < -0.3 is 10.1 Å². The van der Waals surface area contributed by atoms with E-state index in [-0.39, 0.29) is 34.4 Å². The van der Waals surface area contributed by atoms with Gasteiger partial charge in [-0.15, -0.1) is 0 Å². The Bertz CT molecular complexity index is 807. The van der Waals surface area contributed by atoms with Crippen molar-refractivity contribution in [2.45, 2.75) is 38.6 Å². The molecule has 1 saturated heterocycles. The van der Waals surface area contributed by atoms with E-state index in [1.54, 1.807) is 0 Å². The van der Waals surface area contributed by atoms with Gasteiger partial charge in [0.15, 0.2) is 6.61 Å². The molecule has 0 unspecified atom stereocenters. The molecule has 0 bridgehead atoms. The van der Waals surface area contributed by atoms with E-state index in [1.165, 1.54) is 19.1 Å². The summed E-state index contributed by atoms with van der Waals surface area (Å²) in [5, 5.41) is 2.26. The number of imide groups is 1. The van der Waals surface area contributed by atoms with Crippen LogP contribution in [0.15, 0.2) is 18.2 Å². The van der Waals surface area contributed by atoms with Gasteiger partial charge in [0, 0.05) is 5.69 Å². The molecule has 9 heteroatoms. The molecule has 3 rings (SSSR count). The number of esters is 1. The monoisotopic (exact) mass is 410 g/mol. The minimum atomic E-state index is -1.10. The molecule has 7 nitrogen and oxygen atoms in total. The Balaban J connectivity index is 1.55. The zero-order chi connectivity index (χ0) is 20.4. The van der Waals surface area contributed by atoms with Gasteiger partial charge in [-0.25, -0.2) is 9.18 Å². The molecule has 1 saturated carbocycles. The zero-order valence-electron chi connectivity index (χ0n) is 15.2. The van der Waals surface area contributed by atoms with Crippen molar-refractivity contribution in [1.82, 2.24) is 4.90 Å². The van der Waals surface area contributed by atoms with Crippen molar-refractivity contribution < 1.29 is 28.3 Å². The number of hydrogen-bond donors (Lipinski definition) is 1. The Labute approximate surface area is 166 Å². The number of halogens is 2. The molecule has 1 aliphatic carbocycles. The maximum atomic E-state index is 13.1. The molecule has 1 heterocycles. The lowest BCUT2D eigenvalue weighted by molar-refractivity contribution is -0.159. The fraction of sp³-hybridized carbons (Fsp3) is 0.474. The third-order valence-electron chi connectivity index (χ3n) is 5.15. The molecule has 2 aliphatic rings. The summed E-state index contributed by atoms with van der Waals surface area (Å²) >= 11 is 5.64. The third-order valence-corrected chi connectivity index (χ3v) is 5.44. The van der Waals surface area contributed by atoms with Crippen molar-refractivity contribution in [3.63, 3.8) is 0 Å². The van der Waals surface area contributed by atoms with E-state index >= 15 is 0 Å². The maximum Gasteiger partial charge on any atom is 0.329 e. The van der Waals surface area contributed by atoms with Crippen LogP contribution in [0.1, 0.15) is 32.6 Å². The predicted molar refractivity (Wildman–Crippen MR) is 97.8 cm³/mol. The summed E-state index contributed by atoms with van der Waals surface area (Å²) < 4.78 is 18.1. The van der Waals surface area contributed by atoms with E-state index in [0.717, 1.165) is 23.8 Å². The SMILES string of the molecule is C[C@@H](C(=O)OCC(=O)Nc1ccc(F)c(Cl)c1)N1C(=O)[C@H]2CCCC[C@H]2C1=O. The number of hydrogen-bond acceptors (Lipinski definition) is 5. The highest BCUT2D eigenvalue weighted by Gasteiger charge is 2.51. The molecular weight excluding hydrogens is 391 g/mol. The van der Waals surface area contributed by atoms with Crippen LogP contribution >= 0.6 is 11.6 Å². The lowest BCUT2D eigenvalue weighted by Gasteiger charge is -2.21. The Hall–Kier alpha value is -2.48. The van der Waals surface area contributed by atoms with E-state index in [2.05, 4.69) is 5.32 Å². The summed E-state index contributed by atoms with van der Waals surface area (Å²) in [5.74, 6) is -3.52. The van der Waals surface area contributed by atoms with E-state index < -0.39 is 30.3 Å². The van der Waals surface area contributed by atoms with Crippen LogP contribution in [0.2, 0.25) is 5.02 Å². The standard InChI is InChI=1S/C19H20ClFN2O5/c1-10(23-17(25)12-4-2-3-5-13(12)18(23)26)19(27)28-9-16(24)22-11-6-7-15(21)14(20)8-11/h6-8,10,12-13H,2-5,9H2,1H3,(H,22,24)/t10-,12-,13+/m0/s1. The molecule has 1 aromatic carbocycles. The molecule has 0 aromatic heterocycles. The second kappa shape index (κ2) is 8.26. The number of carbonyl (C=O) groups excluding carboxylic acids is 4. The average molecular weight is 411 g/mol. The average Bonchev–Trinajstić information content (AvgIpc) is 2.93. The molecule has 3 atom stereocenters. The predicted octanol–water partition coefficient (Wildman–Crippen LogP) is 2.52. The smallest absolute Gasteiger partial charge is 0.329 e. The number of rotatable bonds is 5. The van der Waals surface area contributed by atoms with Crippen LogP contribution in [0.25, 0.3) is 0 Å².